The van der Waals surface area contributed by atoms with Gasteiger partial charge in [-0.3, -0.25) is 13.7 Å². The second-order valence-electron chi connectivity index (χ2n) is 35.0. The van der Waals surface area contributed by atoms with Crippen molar-refractivity contribution >= 4 is 195 Å². The predicted octanol–water partition coefficient (Wildman–Crippen LogP) is 32.9. The van der Waals surface area contributed by atoms with E-state index in [9.17, 15) is 0 Å². The van der Waals surface area contributed by atoms with Gasteiger partial charge < -0.3 is 0 Å². The fraction of sp³-hybridized carbons (Fsp3) is 0. The molecule has 9 heteroatoms. The SMILES string of the molecule is c1cc(-c2ccc3ccccc3c2)cc(-c2nc(-n3c4ccc5ccccc5c4c4c5ccccc5ccc43)nc3ccccc23)c1.c1ccc(-c2ccc(-c3nc(-n4c5ccc6ccccc6c5c5c6ccccc6ccc54)nc4ccccc34)c3ccccc23)cc1.c1ccc2c(-c3nc(-n4c5ccc6ccccc6c5c5c6ccccc6ccc54)nc4ccccc34)cccc2c1. The van der Waals surface area contributed by atoms with Crippen LogP contribution in [0.2, 0.25) is 0 Å². The monoisotopic (exact) mass is 1720 g/mol. The van der Waals surface area contributed by atoms with E-state index in [1.54, 1.807) is 0 Å². The molecule has 0 N–H and O–H groups in total. The number of fused-ring (bicyclic) bond motifs is 27. The fourth-order valence-corrected chi connectivity index (χ4v) is 21.4. The van der Waals surface area contributed by atoms with Gasteiger partial charge in [0, 0.05) is 65.2 Å². The zero-order valence-electron chi connectivity index (χ0n) is 73.0. The highest BCUT2D eigenvalue weighted by Gasteiger charge is 2.27. The van der Waals surface area contributed by atoms with Crippen molar-refractivity contribution in [3.05, 3.63) is 467 Å². The molecule has 0 aliphatic carbocycles. The number of hydrogen-bond donors (Lipinski definition) is 0. The highest BCUT2D eigenvalue weighted by molar-refractivity contribution is 6.32. The second-order valence-corrected chi connectivity index (χ2v) is 35.0. The van der Waals surface area contributed by atoms with E-state index < -0.39 is 0 Å². The summed E-state index contributed by atoms with van der Waals surface area (Å²) in [7, 11) is 0. The van der Waals surface area contributed by atoms with Gasteiger partial charge in [0.15, 0.2) is 0 Å². The Bertz CT molecular complexity index is 9720. The molecule has 0 amide bonds. The molecule has 626 valence electrons. The molecule has 0 saturated carbocycles. The van der Waals surface area contributed by atoms with Gasteiger partial charge in [0.2, 0.25) is 17.8 Å². The van der Waals surface area contributed by atoms with E-state index in [0.29, 0.717) is 17.8 Å². The Hall–Kier alpha value is -18.2. The lowest BCUT2D eigenvalue weighted by Gasteiger charge is -2.15. The maximum Gasteiger partial charge on any atom is 0.235 e. The Morgan fingerprint density at radius 1 is 0.133 bits per heavy atom. The summed E-state index contributed by atoms with van der Waals surface area (Å²) in [5.41, 5.74) is 20.2. The van der Waals surface area contributed by atoms with Gasteiger partial charge >= 0.3 is 0 Å². The van der Waals surface area contributed by atoms with Crippen molar-refractivity contribution in [1.82, 2.24) is 43.6 Å². The summed E-state index contributed by atoms with van der Waals surface area (Å²) >= 11 is 0. The lowest BCUT2D eigenvalue weighted by molar-refractivity contribution is 1.01. The molecule has 135 heavy (non-hydrogen) atoms. The van der Waals surface area contributed by atoms with Gasteiger partial charge in [-0.25, -0.2) is 29.9 Å². The lowest BCUT2D eigenvalue weighted by atomic mass is 9.93. The van der Waals surface area contributed by atoms with Crippen LogP contribution >= 0.6 is 0 Å². The molecule has 0 aliphatic rings. The summed E-state index contributed by atoms with van der Waals surface area (Å²) in [5.74, 6) is 2.01. The summed E-state index contributed by atoms with van der Waals surface area (Å²) in [6, 6.07) is 166. The van der Waals surface area contributed by atoms with E-state index in [0.717, 1.165) is 105 Å². The molecule has 0 unspecified atom stereocenters. The van der Waals surface area contributed by atoms with Gasteiger partial charge in [0.1, 0.15) is 0 Å². The Labute approximate surface area is 774 Å². The van der Waals surface area contributed by atoms with Crippen LogP contribution in [0.4, 0.5) is 0 Å². The zero-order valence-corrected chi connectivity index (χ0v) is 73.0. The van der Waals surface area contributed by atoms with Crippen LogP contribution in [0.25, 0.3) is 269 Å². The summed E-state index contributed by atoms with van der Waals surface area (Å²) in [6.45, 7) is 0. The summed E-state index contributed by atoms with van der Waals surface area (Å²) in [5, 5.41) is 32.4. The average Bonchev–Trinajstić information content (AvgIpc) is 1.57. The molecule has 6 heterocycles. The molecule has 0 saturated heterocycles. The van der Waals surface area contributed by atoms with Gasteiger partial charge in [-0.15, -0.1) is 0 Å². The van der Waals surface area contributed by atoms with E-state index in [1.807, 2.05) is 0 Å². The Morgan fingerprint density at radius 2 is 0.393 bits per heavy atom. The molecule has 29 aromatic rings. The molecule has 29 rings (SSSR count). The first-order valence-electron chi connectivity index (χ1n) is 46.0. The number of hydrogen-bond acceptors (Lipinski definition) is 6. The first kappa shape index (κ1) is 76.8. The smallest absolute Gasteiger partial charge is 0.235 e. The predicted molar refractivity (Wildman–Crippen MR) is 566 cm³/mol. The molecule has 6 aromatic heterocycles. The molecule has 0 radical (unpaired) electrons. The maximum atomic E-state index is 5.48. The van der Waals surface area contributed by atoms with E-state index in [1.165, 1.54) is 146 Å². The topological polar surface area (TPSA) is 92.1 Å². The standard InChI is InChI=1S/2C44H27N3.C38H23N3/c1-2-13-31-26-33(21-20-28(31)10-1)32-14-9-15-34(27-32)43-37-18-7-8-19-38(37)45-44(46-43)47-39-24-22-29-11-3-5-16-35(29)41(39)42-36-17-6-4-12-30(36)23-25-40(42)47;1-2-12-28(13-3-1)31-24-25-36(35-19-9-8-18-34(31)35)43-37-20-10-11-21-38(37)45-44(46-43)47-39-26-22-29-14-4-6-16-32(29)41(39)42-33-17-7-5-15-30(33)23-27-40(42)47;1-4-14-27-24(10-1)13-9-18-30(27)37-31-17-7-8-19-32(31)39-38(40-37)41-33-22-20-25-11-2-5-15-28(25)35(33)36-29-16-6-3-12-26(29)21-23-34(36)41/h2*1-27H;1-23H. The lowest BCUT2D eigenvalue weighted by Crippen LogP contribution is -2.03. The van der Waals surface area contributed by atoms with Crippen LogP contribution in [0.3, 0.4) is 0 Å². The minimum Gasteiger partial charge on any atom is -0.278 e. The Kier molecular flexibility index (Phi) is 17.8. The quantitative estimate of drug-likeness (QED) is 0.150. The van der Waals surface area contributed by atoms with Crippen LogP contribution in [0.1, 0.15) is 0 Å². The molecule has 23 aromatic carbocycles. The van der Waals surface area contributed by atoms with Gasteiger partial charge in [-0.1, -0.05) is 400 Å². The van der Waals surface area contributed by atoms with Crippen molar-refractivity contribution in [3.63, 3.8) is 0 Å². The third-order valence-corrected chi connectivity index (χ3v) is 27.5. The molecule has 0 spiro atoms. The molecule has 0 bridgehead atoms. The van der Waals surface area contributed by atoms with Crippen molar-refractivity contribution in [3.8, 4) is 73.9 Å². The minimum absolute atomic E-state index is 0.667. The number of aromatic nitrogens is 9. The first-order valence-corrected chi connectivity index (χ1v) is 46.0. The largest absolute Gasteiger partial charge is 0.278 e. The van der Waals surface area contributed by atoms with Crippen LogP contribution in [-0.4, -0.2) is 43.6 Å². The third-order valence-electron chi connectivity index (χ3n) is 27.5. The Morgan fingerprint density at radius 3 is 0.800 bits per heavy atom. The maximum absolute atomic E-state index is 5.48. The van der Waals surface area contributed by atoms with Crippen LogP contribution in [0, 0.1) is 0 Å². The van der Waals surface area contributed by atoms with Crippen molar-refractivity contribution in [2.45, 2.75) is 0 Å². The van der Waals surface area contributed by atoms with Crippen LogP contribution in [0.15, 0.2) is 467 Å². The zero-order chi connectivity index (χ0) is 88.7. The van der Waals surface area contributed by atoms with E-state index in [4.69, 9.17) is 29.9 Å². The third kappa shape index (κ3) is 12.5. The molecule has 0 atom stereocenters. The minimum atomic E-state index is 0.667. The first-order chi connectivity index (χ1) is 67.0. The van der Waals surface area contributed by atoms with Gasteiger partial charge in [0.05, 0.1) is 66.7 Å². The van der Waals surface area contributed by atoms with Crippen molar-refractivity contribution in [1.29, 1.82) is 0 Å². The summed E-state index contributed by atoms with van der Waals surface area (Å²) in [6.07, 6.45) is 0. The highest BCUT2D eigenvalue weighted by atomic mass is 15.2. The summed E-state index contributed by atoms with van der Waals surface area (Å²) in [4.78, 5) is 32.0. The Balaban J connectivity index is 0.000000103. The second kappa shape index (κ2) is 31.3. The number of nitrogens with zero attached hydrogens (tertiary/aromatic N) is 9. The van der Waals surface area contributed by atoms with Crippen molar-refractivity contribution in [2.24, 2.45) is 0 Å². The average molecular weight is 1720 g/mol. The van der Waals surface area contributed by atoms with Gasteiger partial charge in [-0.05, 0) is 186 Å². The van der Waals surface area contributed by atoms with Gasteiger partial charge in [0.25, 0.3) is 0 Å². The highest BCUT2D eigenvalue weighted by Crippen LogP contribution is 2.48. The number of benzene rings is 23. The van der Waals surface area contributed by atoms with E-state index in [-0.39, 0.29) is 0 Å². The van der Waals surface area contributed by atoms with Crippen LogP contribution < -0.4 is 0 Å². The van der Waals surface area contributed by atoms with E-state index >= 15 is 0 Å². The van der Waals surface area contributed by atoms with Crippen molar-refractivity contribution < 1.29 is 0 Å². The molecule has 9 nitrogen and oxygen atoms in total. The fourth-order valence-electron chi connectivity index (χ4n) is 21.4. The normalized spacial score (nSPS) is 11.9. The number of para-hydroxylation sites is 3. The van der Waals surface area contributed by atoms with Gasteiger partial charge in [-0.2, -0.15) is 0 Å². The number of rotatable bonds is 8. The van der Waals surface area contributed by atoms with E-state index in [2.05, 4.69) is 481 Å². The summed E-state index contributed by atoms with van der Waals surface area (Å²) < 4.78 is 6.78. The van der Waals surface area contributed by atoms with Crippen LogP contribution in [-0.2, 0) is 0 Å². The molecular formula is C126H77N9. The molecule has 0 fully saturated rings. The van der Waals surface area contributed by atoms with Crippen molar-refractivity contribution in [2.75, 3.05) is 0 Å². The molecular weight excluding hydrogens is 1640 g/mol. The molecule has 0 aliphatic heterocycles. The van der Waals surface area contributed by atoms with Crippen LogP contribution in [0.5, 0.6) is 0 Å².